The minimum absolute atomic E-state index is 0. The Labute approximate surface area is 161 Å². The molecule has 3 rings (SSSR count). The van der Waals surface area contributed by atoms with Crippen LogP contribution in [0.5, 0.6) is 0 Å². The fourth-order valence-electron chi connectivity index (χ4n) is 3.91. The Morgan fingerprint density at radius 1 is 1.12 bits per heavy atom. The number of benzene rings is 1. The third-order valence-corrected chi connectivity index (χ3v) is 5.39. The van der Waals surface area contributed by atoms with Crippen molar-refractivity contribution in [3.05, 3.63) is 30.3 Å². The zero-order valence-corrected chi connectivity index (χ0v) is 15.8. The number of carbonyl (C=O) groups is 2. The molecule has 0 radical (unpaired) electrons. The molecule has 3 amide bonds. The van der Waals surface area contributed by atoms with Gasteiger partial charge in [-0.15, -0.1) is 12.4 Å². The minimum Gasteiger partial charge on any atom is -0.353 e. The van der Waals surface area contributed by atoms with Crippen LogP contribution in [0.25, 0.3) is 0 Å². The molecule has 26 heavy (non-hydrogen) atoms. The number of halogens is 1. The van der Waals surface area contributed by atoms with Crippen molar-refractivity contribution in [2.45, 2.75) is 38.1 Å². The monoisotopic (exact) mass is 380 g/mol. The van der Waals surface area contributed by atoms with Gasteiger partial charge in [0.15, 0.2) is 0 Å². The molecule has 2 aliphatic rings. The van der Waals surface area contributed by atoms with Crippen LogP contribution >= 0.6 is 12.4 Å². The van der Waals surface area contributed by atoms with Gasteiger partial charge in [-0.1, -0.05) is 24.6 Å². The van der Waals surface area contributed by atoms with Gasteiger partial charge in [-0.2, -0.15) is 0 Å². The highest BCUT2D eigenvalue weighted by molar-refractivity contribution is 5.90. The molecule has 0 aromatic heterocycles. The van der Waals surface area contributed by atoms with Gasteiger partial charge in [0.2, 0.25) is 5.91 Å². The third kappa shape index (κ3) is 5.11. The first-order valence-corrected chi connectivity index (χ1v) is 9.29. The third-order valence-electron chi connectivity index (χ3n) is 5.39. The molecule has 1 aliphatic heterocycles. The van der Waals surface area contributed by atoms with Gasteiger partial charge in [-0.05, 0) is 50.3 Å². The molecule has 1 saturated carbocycles. The molecule has 3 atom stereocenters. The molecule has 0 bridgehead atoms. The summed E-state index contributed by atoms with van der Waals surface area (Å²) in [5.41, 5.74) is 6.57. The zero-order valence-electron chi connectivity index (χ0n) is 15.0. The summed E-state index contributed by atoms with van der Waals surface area (Å²) in [6.07, 6.45) is 4.92. The van der Waals surface area contributed by atoms with Crippen LogP contribution in [0.4, 0.5) is 10.5 Å². The standard InChI is InChI=1S/C19H28N4O2.ClH/c20-12-14-6-4-10-17(14)22-18(24)15-7-5-11-23(13-15)19(25)21-16-8-2-1-3-9-16;/h1-3,8-9,14-15,17H,4-7,10-13,20H2,(H,21,25)(H,22,24);1H. The molecular formula is C19H29ClN4O2. The summed E-state index contributed by atoms with van der Waals surface area (Å²) in [7, 11) is 0. The summed E-state index contributed by atoms with van der Waals surface area (Å²) in [6, 6.07) is 9.47. The number of piperidine rings is 1. The molecule has 1 aliphatic carbocycles. The van der Waals surface area contributed by atoms with Crippen LogP contribution in [-0.4, -0.2) is 42.5 Å². The van der Waals surface area contributed by atoms with Gasteiger partial charge in [-0.3, -0.25) is 4.79 Å². The van der Waals surface area contributed by atoms with Crippen LogP contribution in [0.2, 0.25) is 0 Å². The summed E-state index contributed by atoms with van der Waals surface area (Å²) in [5.74, 6) is 0.335. The zero-order chi connectivity index (χ0) is 17.6. The lowest BCUT2D eigenvalue weighted by Crippen LogP contribution is -2.49. The largest absolute Gasteiger partial charge is 0.353 e. The first kappa shape index (κ1) is 20.5. The van der Waals surface area contributed by atoms with Gasteiger partial charge in [-0.25, -0.2) is 4.79 Å². The maximum atomic E-state index is 12.6. The van der Waals surface area contributed by atoms with Crippen LogP contribution in [0.15, 0.2) is 30.3 Å². The van der Waals surface area contributed by atoms with E-state index in [9.17, 15) is 9.59 Å². The van der Waals surface area contributed by atoms with E-state index in [-0.39, 0.29) is 36.3 Å². The fourth-order valence-corrected chi connectivity index (χ4v) is 3.91. The summed E-state index contributed by atoms with van der Waals surface area (Å²) in [6.45, 7) is 1.79. The lowest BCUT2D eigenvalue weighted by atomic mass is 9.96. The smallest absolute Gasteiger partial charge is 0.321 e. The number of hydrogen-bond donors (Lipinski definition) is 3. The summed E-state index contributed by atoms with van der Waals surface area (Å²) in [4.78, 5) is 26.8. The van der Waals surface area contributed by atoms with Gasteiger partial charge in [0.1, 0.15) is 0 Å². The van der Waals surface area contributed by atoms with Crippen molar-refractivity contribution in [1.29, 1.82) is 0 Å². The second-order valence-electron chi connectivity index (χ2n) is 7.12. The number of nitrogens with one attached hydrogen (secondary N) is 2. The van der Waals surface area contributed by atoms with E-state index >= 15 is 0 Å². The van der Waals surface area contributed by atoms with Gasteiger partial charge in [0.25, 0.3) is 0 Å². The van der Waals surface area contributed by atoms with E-state index in [1.54, 1.807) is 4.90 Å². The number of nitrogens with two attached hydrogens (primary N) is 1. The van der Waals surface area contributed by atoms with E-state index in [2.05, 4.69) is 10.6 Å². The van der Waals surface area contributed by atoms with E-state index in [1.807, 2.05) is 30.3 Å². The second-order valence-corrected chi connectivity index (χ2v) is 7.12. The van der Waals surface area contributed by atoms with Crippen LogP contribution in [0, 0.1) is 11.8 Å². The van der Waals surface area contributed by atoms with Crippen molar-refractivity contribution >= 4 is 30.0 Å². The summed E-state index contributed by atoms with van der Waals surface area (Å²) < 4.78 is 0. The topological polar surface area (TPSA) is 87.5 Å². The number of para-hydroxylation sites is 1. The van der Waals surface area contributed by atoms with Gasteiger partial charge < -0.3 is 21.3 Å². The number of nitrogens with zero attached hydrogens (tertiary/aromatic N) is 1. The maximum absolute atomic E-state index is 12.6. The maximum Gasteiger partial charge on any atom is 0.321 e. The molecule has 4 N–H and O–H groups in total. The van der Waals surface area contributed by atoms with Gasteiger partial charge in [0.05, 0.1) is 5.92 Å². The van der Waals surface area contributed by atoms with Crippen molar-refractivity contribution in [3.63, 3.8) is 0 Å². The van der Waals surface area contributed by atoms with E-state index in [4.69, 9.17) is 5.73 Å². The lowest BCUT2D eigenvalue weighted by Gasteiger charge is -2.33. The molecule has 7 heteroatoms. The first-order chi connectivity index (χ1) is 12.2. The number of rotatable bonds is 4. The number of carbonyl (C=O) groups excluding carboxylic acids is 2. The van der Waals surface area contributed by atoms with Crippen molar-refractivity contribution in [2.24, 2.45) is 17.6 Å². The molecule has 144 valence electrons. The Balaban J connectivity index is 0.00000243. The van der Waals surface area contributed by atoms with Gasteiger partial charge in [0, 0.05) is 24.8 Å². The molecule has 2 fully saturated rings. The average molecular weight is 381 g/mol. The second kappa shape index (κ2) is 9.78. The number of urea groups is 1. The van der Waals surface area contributed by atoms with Crippen molar-refractivity contribution in [3.8, 4) is 0 Å². The van der Waals surface area contributed by atoms with E-state index in [1.165, 1.54) is 0 Å². The van der Waals surface area contributed by atoms with Gasteiger partial charge >= 0.3 is 6.03 Å². The Hall–Kier alpha value is -1.79. The predicted molar refractivity (Wildman–Crippen MR) is 105 cm³/mol. The summed E-state index contributed by atoms with van der Waals surface area (Å²) in [5, 5.41) is 6.08. The molecule has 1 aromatic carbocycles. The SMILES string of the molecule is Cl.NCC1CCCC1NC(=O)C1CCCN(C(=O)Nc2ccccc2)C1. The van der Waals surface area contributed by atoms with Crippen molar-refractivity contribution in [1.82, 2.24) is 10.2 Å². The van der Waals surface area contributed by atoms with Crippen molar-refractivity contribution in [2.75, 3.05) is 25.0 Å². The highest BCUT2D eigenvalue weighted by Gasteiger charge is 2.32. The van der Waals surface area contributed by atoms with E-state index in [0.29, 0.717) is 25.6 Å². The summed E-state index contributed by atoms with van der Waals surface area (Å²) >= 11 is 0. The predicted octanol–water partition coefficient (Wildman–Crippen LogP) is 2.60. The molecule has 1 heterocycles. The highest BCUT2D eigenvalue weighted by atomic mass is 35.5. The van der Waals surface area contributed by atoms with Crippen molar-refractivity contribution < 1.29 is 9.59 Å². The molecular weight excluding hydrogens is 352 g/mol. The quantitative estimate of drug-likeness (QED) is 0.750. The average Bonchev–Trinajstić information content (AvgIpc) is 3.09. The number of hydrogen-bond acceptors (Lipinski definition) is 3. The number of anilines is 1. The van der Waals surface area contributed by atoms with Crippen LogP contribution in [0.1, 0.15) is 32.1 Å². The van der Waals surface area contributed by atoms with Crippen LogP contribution in [0.3, 0.4) is 0 Å². The highest BCUT2D eigenvalue weighted by Crippen LogP contribution is 2.26. The Morgan fingerprint density at radius 3 is 2.62 bits per heavy atom. The molecule has 1 saturated heterocycles. The van der Waals surface area contributed by atoms with E-state index < -0.39 is 0 Å². The molecule has 6 nitrogen and oxygen atoms in total. The molecule has 3 unspecified atom stereocenters. The Morgan fingerprint density at radius 2 is 1.88 bits per heavy atom. The Kier molecular flexibility index (Phi) is 7.72. The lowest BCUT2D eigenvalue weighted by molar-refractivity contribution is -0.127. The molecule has 1 aromatic rings. The number of likely N-dealkylation sites (tertiary alicyclic amines) is 1. The Bertz CT molecular complexity index is 598. The number of amides is 3. The molecule has 0 spiro atoms. The van der Waals surface area contributed by atoms with Crippen LogP contribution in [-0.2, 0) is 4.79 Å². The normalized spacial score (nSPS) is 25.3. The first-order valence-electron chi connectivity index (χ1n) is 9.29. The minimum atomic E-state index is -0.135. The van der Waals surface area contributed by atoms with E-state index in [0.717, 1.165) is 37.8 Å². The van der Waals surface area contributed by atoms with Crippen LogP contribution < -0.4 is 16.4 Å². The fraction of sp³-hybridized carbons (Fsp3) is 0.579.